The van der Waals surface area contributed by atoms with Crippen molar-refractivity contribution in [3.8, 4) is 5.75 Å². The minimum atomic E-state index is 0.260. The highest BCUT2D eigenvalue weighted by Crippen LogP contribution is 2.25. The maximum atomic E-state index is 6.07. The highest BCUT2D eigenvalue weighted by atomic mass is 16.5. The van der Waals surface area contributed by atoms with Gasteiger partial charge in [0.05, 0.1) is 6.61 Å². The summed E-state index contributed by atoms with van der Waals surface area (Å²) in [6.45, 7) is 8.31. The zero-order valence-corrected chi connectivity index (χ0v) is 16.1. The van der Waals surface area contributed by atoms with E-state index in [1.165, 1.54) is 42.4 Å². The van der Waals surface area contributed by atoms with Crippen LogP contribution in [0.25, 0.3) is 0 Å². The Morgan fingerprint density at radius 2 is 1.64 bits per heavy atom. The van der Waals surface area contributed by atoms with Crippen molar-refractivity contribution in [1.82, 2.24) is 5.32 Å². The second kappa shape index (κ2) is 10.9. The Morgan fingerprint density at radius 1 is 0.920 bits per heavy atom. The van der Waals surface area contributed by atoms with Crippen molar-refractivity contribution < 1.29 is 4.74 Å². The molecule has 0 aromatic heterocycles. The van der Waals surface area contributed by atoms with Crippen molar-refractivity contribution in [2.24, 2.45) is 0 Å². The topological polar surface area (TPSA) is 21.3 Å². The second-order valence-corrected chi connectivity index (χ2v) is 6.83. The molecule has 0 bridgehead atoms. The van der Waals surface area contributed by atoms with Gasteiger partial charge in [0.25, 0.3) is 0 Å². The van der Waals surface area contributed by atoms with Crippen LogP contribution < -0.4 is 10.1 Å². The maximum absolute atomic E-state index is 6.07. The molecule has 2 aromatic carbocycles. The Morgan fingerprint density at radius 3 is 2.44 bits per heavy atom. The largest absolute Gasteiger partial charge is 0.493 e. The van der Waals surface area contributed by atoms with E-state index in [0.29, 0.717) is 0 Å². The summed E-state index contributed by atoms with van der Waals surface area (Å²) in [4.78, 5) is 0. The van der Waals surface area contributed by atoms with E-state index in [4.69, 9.17) is 4.74 Å². The molecule has 2 aromatic rings. The first-order valence-corrected chi connectivity index (χ1v) is 9.72. The molecule has 25 heavy (non-hydrogen) atoms. The molecule has 136 valence electrons. The SMILES string of the molecule is CCCCCCCOc1ccccc1C(C)NCc1ccccc1C. The molecule has 0 saturated carbocycles. The van der Waals surface area contributed by atoms with Crippen LogP contribution in [-0.2, 0) is 6.54 Å². The Hall–Kier alpha value is -1.80. The Balaban J connectivity index is 1.86. The number of unbranched alkanes of at least 4 members (excludes halogenated alkanes) is 4. The van der Waals surface area contributed by atoms with Crippen LogP contribution in [0.4, 0.5) is 0 Å². The zero-order chi connectivity index (χ0) is 17.9. The molecule has 0 radical (unpaired) electrons. The van der Waals surface area contributed by atoms with E-state index in [9.17, 15) is 0 Å². The van der Waals surface area contributed by atoms with E-state index < -0.39 is 0 Å². The summed E-state index contributed by atoms with van der Waals surface area (Å²) in [6.07, 6.45) is 6.33. The summed E-state index contributed by atoms with van der Waals surface area (Å²) in [6, 6.07) is 17.2. The van der Waals surface area contributed by atoms with E-state index in [1.54, 1.807) is 0 Å². The molecule has 0 saturated heterocycles. The lowest BCUT2D eigenvalue weighted by Gasteiger charge is -2.19. The van der Waals surface area contributed by atoms with Crippen molar-refractivity contribution in [2.45, 2.75) is 65.5 Å². The zero-order valence-electron chi connectivity index (χ0n) is 16.1. The lowest BCUT2D eigenvalue weighted by molar-refractivity contribution is 0.298. The van der Waals surface area contributed by atoms with Gasteiger partial charge in [-0.1, -0.05) is 75.1 Å². The first-order chi connectivity index (χ1) is 12.2. The van der Waals surface area contributed by atoms with Gasteiger partial charge in [-0.3, -0.25) is 0 Å². The summed E-state index contributed by atoms with van der Waals surface area (Å²) in [7, 11) is 0. The minimum absolute atomic E-state index is 0.260. The second-order valence-electron chi connectivity index (χ2n) is 6.83. The first-order valence-electron chi connectivity index (χ1n) is 9.72. The van der Waals surface area contributed by atoms with Crippen LogP contribution in [0, 0.1) is 6.92 Å². The molecular formula is C23H33NO. The number of para-hydroxylation sites is 1. The molecule has 0 amide bonds. The summed E-state index contributed by atoms with van der Waals surface area (Å²) >= 11 is 0. The molecule has 0 fully saturated rings. The summed E-state index contributed by atoms with van der Waals surface area (Å²) in [5.74, 6) is 1.02. The third-order valence-electron chi connectivity index (χ3n) is 4.75. The van der Waals surface area contributed by atoms with Crippen LogP contribution in [0.3, 0.4) is 0 Å². The van der Waals surface area contributed by atoms with Crippen molar-refractivity contribution in [2.75, 3.05) is 6.61 Å². The average molecular weight is 340 g/mol. The van der Waals surface area contributed by atoms with Gasteiger partial charge in [0, 0.05) is 18.2 Å². The lowest BCUT2D eigenvalue weighted by atomic mass is 10.1. The maximum Gasteiger partial charge on any atom is 0.124 e. The first kappa shape index (κ1) is 19.5. The minimum Gasteiger partial charge on any atom is -0.493 e. The molecule has 0 aliphatic heterocycles. The fourth-order valence-electron chi connectivity index (χ4n) is 3.04. The number of benzene rings is 2. The normalized spacial score (nSPS) is 12.1. The number of aryl methyl sites for hydroxylation is 1. The van der Waals surface area contributed by atoms with Gasteiger partial charge in [-0.2, -0.15) is 0 Å². The Labute approximate surface area is 153 Å². The van der Waals surface area contributed by atoms with Gasteiger partial charge in [0.15, 0.2) is 0 Å². The quantitative estimate of drug-likeness (QED) is 0.492. The standard InChI is InChI=1S/C23H33NO/c1-4-5-6-7-12-17-25-23-16-11-10-15-22(23)20(3)24-18-21-14-9-8-13-19(21)2/h8-11,13-16,20,24H,4-7,12,17-18H2,1-3H3. The van der Waals surface area contributed by atoms with Gasteiger partial charge in [-0.05, 0) is 37.5 Å². The van der Waals surface area contributed by atoms with Gasteiger partial charge >= 0.3 is 0 Å². The molecule has 0 aliphatic rings. The average Bonchev–Trinajstić information content (AvgIpc) is 2.64. The Bertz CT molecular complexity index is 623. The monoisotopic (exact) mass is 339 g/mol. The molecular weight excluding hydrogens is 306 g/mol. The van der Waals surface area contributed by atoms with E-state index in [1.807, 2.05) is 0 Å². The smallest absolute Gasteiger partial charge is 0.124 e. The van der Waals surface area contributed by atoms with E-state index in [0.717, 1.165) is 25.3 Å². The molecule has 2 rings (SSSR count). The highest BCUT2D eigenvalue weighted by Gasteiger charge is 2.11. The number of nitrogens with one attached hydrogen (secondary N) is 1. The van der Waals surface area contributed by atoms with E-state index >= 15 is 0 Å². The molecule has 0 aliphatic carbocycles. The van der Waals surface area contributed by atoms with Gasteiger partial charge in [-0.15, -0.1) is 0 Å². The summed E-state index contributed by atoms with van der Waals surface area (Å²) < 4.78 is 6.07. The molecule has 0 heterocycles. The third-order valence-corrected chi connectivity index (χ3v) is 4.75. The van der Waals surface area contributed by atoms with Gasteiger partial charge < -0.3 is 10.1 Å². The van der Waals surface area contributed by atoms with E-state index in [-0.39, 0.29) is 6.04 Å². The summed E-state index contributed by atoms with van der Waals surface area (Å²) in [5, 5.41) is 3.63. The van der Waals surface area contributed by atoms with Crippen molar-refractivity contribution >= 4 is 0 Å². The van der Waals surface area contributed by atoms with Crippen LogP contribution in [0.2, 0.25) is 0 Å². The van der Waals surface area contributed by atoms with Crippen molar-refractivity contribution in [3.63, 3.8) is 0 Å². The van der Waals surface area contributed by atoms with Crippen LogP contribution in [-0.4, -0.2) is 6.61 Å². The van der Waals surface area contributed by atoms with Gasteiger partial charge in [-0.25, -0.2) is 0 Å². The number of hydrogen-bond donors (Lipinski definition) is 1. The predicted octanol–water partition coefficient (Wildman–Crippen LogP) is 6.20. The van der Waals surface area contributed by atoms with Crippen LogP contribution in [0.15, 0.2) is 48.5 Å². The predicted molar refractivity (Wildman–Crippen MR) is 107 cm³/mol. The van der Waals surface area contributed by atoms with Crippen LogP contribution >= 0.6 is 0 Å². The molecule has 1 atom stereocenters. The fourth-order valence-corrected chi connectivity index (χ4v) is 3.04. The Kier molecular flexibility index (Phi) is 8.54. The van der Waals surface area contributed by atoms with Crippen molar-refractivity contribution in [3.05, 3.63) is 65.2 Å². The number of rotatable bonds is 11. The lowest BCUT2D eigenvalue weighted by Crippen LogP contribution is -2.19. The molecule has 2 nitrogen and oxygen atoms in total. The number of ether oxygens (including phenoxy) is 1. The fraction of sp³-hybridized carbons (Fsp3) is 0.478. The summed E-state index contributed by atoms with van der Waals surface area (Å²) in [5.41, 5.74) is 3.92. The molecule has 1 N–H and O–H groups in total. The number of hydrogen-bond acceptors (Lipinski definition) is 2. The van der Waals surface area contributed by atoms with Crippen molar-refractivity contribution in [1.29, 1.82) is 0 Å². The van der Waals surface area contributed by atoms with Crippen LogP contribution in [0.1, 0.15) is 68.7 Å². The van der Waals surface area contributed by atoms with Gasteiger partial charge in [0.2, 0.25) is 0 Å². The molecule has 2 heteroatoms. The molecule has 1 unspecified atom stereocenters. The highest BCUT2D eigenvalue weighted by molar-refractivity contribution is 5.36. The van der Waals surface area contributed by atoms with Gasteiger partial charge in [0.1, 0.15) is 5.75 Å². The van der Waals surface area contributed by atoms with Crippen LogP contribution in [0.5, 0.6) is 5.75 Å². The molecule has 0 spiro atoms. The van der Waals surface area contributed by atoms with E-state index in [2.05, 4.69) is 74.6 Å². The third kappa shape index (κ3) is 6.55.